The average molecular weight is 693 g/mol. The molecule has 1 aliphatic heterocycles. The molecule has 266 valence electrons. The normalized spacial score (nSPS) is 17.5. The summed E-state index contributed by atoms with van der Waals surface area (Å²) in [6.07, 6.45) is 2.84. The van der Waals surface area contributed by atoms with Crippen LogP contribution >= 0.6 is 0 Å². The Hall–Kier alpha value is -5.83. The Labute approximate surface area is 295 Å². The summed E-state index contributed by atoms with van der Waals surface area (Å²) in [4.78, 5) is 53.5. The van der Waals surface area contributed by atoms with Crippen molar-refractivity contribution in [3.8, 4) is 0 Å². The number of aryl methyl sites for hydroxylation is 2. The number of hydrogen-bond donors (Lipinski definition) is 5. The molecule has 2 aromatic carbocycles. The molecule has 15 nitrogen and oxygen atoms in total. The second kappa shape index (κ2) is 15.4. The van der Waals surface area contributed by atoms with Gasteiger partial charge < -0.3 is 25.9 Å². The van der Waals surface area contributed by atoms with E-state index in [0.29, 0.717) is 85.6 Å². The molecule has 0 unspecified atom stereocenters. The van der Waals surface area contributed by atoms with Crippen molar-refractivity contribution in [1.29, 1.82) is 0 Å². The number of primary amides is 1. The maximum Gasteiger partial charge on any atom is 0.276 e. The van der Waals surface area contributed by atoms with E-state index in [-0.39, 0.29) is 11.6 Å². The van der Waals surface area contributed by atoms with Gasteiger partial charge in [-0.1, -0.05) is 18.6 Å². The second-order valence-corrected chi connectivity index (χ2v) is 12.6. The van der Waals surface area contributed by atoms with E-state index in [1.165, 1.54) is 0 Å². The third-order valence-electron chi connectivity index (χ3n) is 8.89. The maximum atomic E-state index is 13.9. The van der Waals surface area contributed by atoms with Gasteiger partial charge in [-0.15, -0.1) is 0 Å². The number of carbonyl (C=O) groups excluding carboxylic acids is 3. The van der Waals surface area contributed by atoms with Crippen LogP contribution in [0, 0.1) is 6.92 Å². The lowest BCUT2D eigenvalue weighted by atomic mass is 10.00. The van der Waals surface area contributed by atoms with Gasteiger partial charge in [0.25, 0.3) is 11.8 Å². The molecule has 0 saturated heterocycles. The smallest absolute Gasteiger partial charge is 0.276 e. The van der Waals surface area contributed by atoms with E-state index in [9.17, 15) is 14.4 Å². The van der Waals surface area contributed by atoms with Crippen LogP contribution in [0.2, 0.25) is 0 Å². The Kier molecular flexibility index (Phi) is 10.6. The molecule has 0 bridgehead atoms. The van der Waals surface area contributed by atoms with E-state index in [2.05, 4.69) is 26.0 Å². The summed E-state index contributed by atoms with van der Waals surface area (Å²) in [6.45, 7) is 8.48. The SMILES string of the molecule is CCN=C1C(=O)Nc2nc3cc(C(N)=O)ccc3n2CCNCCn2c(nc3ccccc32)NC(=O)c2cc(C)nn2CCCCCC1=C(C)N. The van der Waals surface area contributed by atoms with E-state index < -0.39 is 11.8 Å². The van der Waals surface area contributed by atoms with Crippen molar-refractivity contribution in [3.05, 3.63) is 76.8 Å². The highest BCUT2D eigenvalue weighted by Gasteiger charge is 2.23. The molecule has 5 aromatic rings. The first kappa shape index (κ1) is 35.0. The topological polar surface area (TPSA) is 205 Å². The molecule has 7 N–H and O–H groups in total. The third-order valence-corrected chi connectivity index (χ3v) is 8.89. The maximum absolute atomic E-state index is 13.9. The van der Waals surface area contributed by atoms with Gasteiger partial charge in [-0.2, -0.15) is 5.10 Å². The molecule has 3 amide bonds. The number of anilines is 2. The number of nitrogens with zero attached hydrogens (tertiary/aromatic N) is 7. The van der Waals surface area contributed by atoms with Gasteiger partial charge in [0.1, 0.15) is 11.4 Å². The fraction of sp³-hybridized carbons (Fsp3) is 0.361. The van der Waals surface area contributed by atoms with E-state index in [1.54, 1.807) is 35.9 Å². The fourth-order valence-electron chi connectivity index (χ4n) is 6.44. The molecule has 6 rings (SSSR count). The number of hydrogen-bond acceptors (Lipinski definition) is 9. The highest BCUT2D eigenvalue weighted by Crippen LogP contribution is 2.24. The molecule has 0 spiro atoms. The fourth-order valence-corrected chi connectivity index (χ4v) is 6.44. The molecule has 0 fully saturated rings. The number of nitrogens with one attached hydrogen (secondary N) is 3. The molecule has 3 aromatic heterocycles. The summed E-state index contributed by atoms with van der Waals surface area (Å²) >= 11 is 0. The Morgan fingerprint density at radius 1 is 0.863 bits per heavy atom. The summed E-state index contributed by atoms with van der Waals surface area (Å²) in [5.41, 5.74) is 17.8. The molecule has 15 heteroatoms. The molecular formula is C36H44N12O3. The van der Waals surface area contributed by atoms with Crippen molar-refractivity contribution < 1.29 is 14.4 Å². The molecule has 0 saturated carbocycles. The van der Waals surface area contributed by atoms with Crippen molar-refractivity contribution in [2.75, 3.05) is 30.3 Å². The predicted octanol–water partition coefficient (Wildman–Crippen LogP) is 3.74. The van der Waals surface area contributed by atoms with Crippen LogP contribution in [0.15, 0.2) is 64.8 Å². The molecule has 1 aliphatic rings. The zero-order chi connectivity index (χ0) is 36.1. The quantitative estimate of drug-likeness (QED) is 0.184. The standard InChI is InChI=1S/C36H44N12O3/c1-4-40-31-25(23(3)37)10-6-5-9-17-48-30(20-22(2)45-48)33(50)43-35-41-26-11-7-8-12-28(26)46(35)18-15-39-16-19-47-29-14-13-24(32(38)49)21-27(29)42-36(47)44-34(31)51/h7-8,11-14,20-21,39H,4-6,9-10,15-19,37H2,1-3H3,(H2,38,49)(H,41,43,50)(H,42,44,51). The Morgan fingerprint density at radius 2 is 1.55 bits per heavy atom. The first-order valence-corrected chi connectivity index (χ1v) is 17.3. The summed E-state index contributed by atoms with van der Waals surface area (Å²) < 4.78 is 5.62. The van der Waals surface area contributed by atoms with E-state index >= 15 is 0 Å². The van der Waals surface area contributed by atoms with Crippen LogP contribution in [0.4, 0.5) is 11.9 Å². The Balaban J connectivity index is 1.34. The number of imidazole rings is 2. The number of carbonyl (C=O) groups is 3. The van der Waals surface area contributed by atoms with Crippen molar-refractivity contribution in [3.63, 3.8) is 0 Å². The van der Waals surface area contributed by atoms with Crippen LogP contribution in [0.25, 0.3) is 22.1 Å². The monoisotopic (exact) mass is 692 g/mol. The third kappa shape index (κ3) is 7.67. The molecular weight excluding hydrogens is 648 g/mol. The van der Waals surface area contributed by atoms with Crippen LogP contribution in [-0.2, 0) is 24.4 Å². The van der Waals surface area contributed by atoms with Crippen molar-refractivity contribution >= 4 is 57.4 Å². The first-order valence-electron chi connectivity index (χ1n) is 17.3. The van der Waals surface area contributed by atoms with E-state index in [1.807, 2.05) is 47.2 Å². The summed E-state index contributed by atoms with van der Waals surface area (Å²) in [6, 6.07) is 14.6. The van der Waals surface area contributed by atoms with Crippen LogP contribution in [0.3, 0.4) is 0 Å². The largest absolute Gasteiger partial charge is 0.402 e. The van der Waals surface area contributed by atoms with Crippen LogP contribution < -0.4 is 27.4 Å². The lowest BCUT2D eigenvalue weighted by Crippen LogP contribution is -2.29. The molecule has 0 atom stereocenters. The van der Waals surface area contributed by atoms with Gasteiger partial charge in [0.05, 0.1) is 27.8 Å². The van der Waals surface area contributed by atoms with Gasteiger partial charge in [0.15, 0.2) is 0 Å². The van der Waals surface area contributed by atoms with Crippen molar-refractivity contribution in [1.82, 2.24) is 34.2 Å². The lowest BCUT2D eigenvalue weighted by molar-refractivity contribution is -0.110. The van der Waals surface area contributed by atoms with Gasteiger partial charge in [-0.3, -0.25) is 34.7 Å². The predicted molar refractivity (Wildman–Crippen MR) is 198 cm³/mol. The van der Waals surface area contributed by atoms with E-state index in [4.69, 9.17) is 21.4 Å². The number of benzene rings is 2. The van der Waals surface area contributed by atoms with Crippen LogP contribution in [0.1, 0.15) is 66.1 Å². The average Bonchev–Trinajstić information content (AvgIpc) is 3.76. The molecule has 51 heavy (non-hydrogen) atoms. The number of allylic oxidation sites excluding steroid dienone is 1. The zero-order valence-electron chi connectivity index (χ0n) is 29.2. The second-order valence-electron chi connectivity index (χ2n) is 12.6. The van der Waals surface area contributed by atoms with Gasteiger partial charge >= 0.3 is 0 Å². The zero-order valence-corrected chi connectivity index (χ0v) is 29.2. The van der Waals surface area contributed by atoms with Crippen molar-refractivity contribution in [2.24, 2.45) is 16.5 Å². The molecule has 0 aliphatic carbocycles. The van der Waals surface area contributed by atoms with Crippen molar-refractivity contribution in [2.45, 2.75) is 66.1 Å². The highest BCUT2D eigenvalue weighted by atomic mass is 16.2. The minimum absolute atomic E-state index is 0.263. The number of nitrogens with two attached hydrogens (primary N) is 2. The van der Waals surface area contributed by atoms with Gasteiger partial charge in [0.2, 0.25) is 17.8 Å². The number of aliphatic imine (C=N–C) groups is 1. The van der Waals surface area contributed by atoms with Gasteiger partial charge in [0, 0.05) is 56.1 Å². The first-order chi connectivity index (χ1) is 24.6. The molecule has 4 heterocycles. The molecule has 0 radical (unpaired) electrons. The lowest BCUT2D eigenvalue weighted by Gasteiger charge is -2.16. The summed E-state index contributed by atoms with van der Waals surface area (Å²) in [7, 11) is 0. The number of rotatable bonds is 2. The van der Waals surface area contributed by atoms with Gasteiger partial charge in [-0.25, -0.2) is 9.97 Å². The minimum atomic E-state index is -0.567. The highest BCUT2D eigenvalue weighted by molar-refractivity contribution is 6.48. The van der Waals surface area contributed by atoms with Gasteiger partial charge in [-0.05, 0) is 76.4 Å². The van der Waals surface area contributed by atoms with E-state index in [0.717, 1.165) is 41.5 Å². The summed E-state index contributed by atoms with van der Waals surface area (Å²) in [5.74, 6) is -0.499. The number of amides is 3. The summed E-state index contributed by atoms with van der Waals surface area (Å²) in [5, 5.41) is 14.1. The van der Waals surface area contributed by atoms with Crippen LogP contribution in [0.5, 0.6) is 0 Å². The number of fused-ring (bicyclic) bond motifs is 7. The number of aromatic nitrogens is 6. The Bertz CT molecular complexity index is 2170. The number of para-hydroxylation sites is 2. The Morgan fingerprint density at radius 3 is 2.25 bits per heavy atom. The minimum Gasteiger partial charge on any atom is -0.402 e. The van der Waals surface area contributed by atoms with Crippen LogP contribution in [-0.4, -0.2) is 72.0 Å².